The van der Waals surface area contributed by atoms with Crippen LogP contribution in [-0.4, -0.2) is 61.1 Å². The summed E-state index contributed by atoms with van der Waals surface area (Å²) >= 11 is 13.6. The lowest BCUT2D eigenvalue weighted by Gasteiger charge is -2.30. The van der Waals surface area contributed by atoms with Crippen LogP contribution in [0, 0.1) is 0 Å². The number of carbonyl (C=O) groups excluding carboxylic acids is 2. The van der Waals surface area contributed by atoms with Crippen LogP contribution in [0.25, 0.3) is 0 Å². The molecule has 5 nitrogen and oxygen atoms in total. The maximum absolute atomic E-state index is 12.7. The first-order chi connectivity index (χ1) is 11.5. The van der Waals surface area contributed by atoms with Crippen LogP contribution in [0.1, 0.15) is 16.8 Å². The number of halogens is 2. The molecule has 132 valence electrons. The molecule has 1 N–H and O–H groups in total. The molecule has 0 saturated carbocycles. The molecule has 2 rings (SSSR count). The summed E-state index contributed by atoms with van der Waals surface area (Å²) in [4.78, 5) is 26.9. The van der Waals surface area contributed by atoms with Gasteiger partial charge in [-0.05, 0) is 36.6 Å². The van der Waals surface area contributed by atoms with Gasteiger partial charge in [-0.3, -0.25) is 9.59 Å². The number of morpholine rings is 1. The zero-order valence-electron chi connectivity index (χ0n) is 13.4. The third-order valence-electron chi connectivity index (χ3n) is 3.71. The predicted octanol–water partition coefficient (Wildman–Crippen LogP) is 2.70. The van der Waals surface area contributed by atoms with Crippen molar-refractivity contribution in [3.05, 3.63) is 33.8 Å². The molecule has 0 aromatic heterocycles. The van der Waals surface area contributed by atoms with E-state index in [0.29, 0.717) is 43.3 Å². The SMILES string of the molecule is CSCCC(NC(=O)c1ccc(Cl)cc1Cl)C(=O)N1CCOCC1. The van der Waals surface area contributed by atoms with Crippen LogP contribution in [0.3, 0.4) is 0 Å². The molecule has 1 aromatic rings. The zero-order valence-corrected chi connectivity index (χ0v) is 15.7. The predicted molar refractivity (Wildman–Crippen MR) is 98.1 cm³/mol. The maximum Gasteiger partial charge on any atom is 0.253 e. The number of rotatable bonds is 6. The quantitative estimate of drug-likeness (QED) is 0.810. The average molecular weight is 391 g/mol. The number of amides is 2. The van der Waals surface area contributed by atoms with E-state index in [1.165, 1.54) is 6.07 Å². The van der Waals surface area contributed by atoms with E-state index in [0.717, 1.165) is 5.75 Å². The maximum atomic E-state index is 12.7. The van der Waals surface area contributed by atoms with Crippen molar-refractivity contribution in [2.24, 2.45) is 0 Å². The fourth-order valence-corrected chi connectivity index (χ4v) is 3.37. The largest absolute Gasteiger partial charge is 0.378 e. The molecule has 1 aliphatic rings. The standard InChI is InChI=1S/C16H20Cl2N2O3S/c1-24-9-4-14(16(22)20-5-7-23-8-6-20)19-15(21)12-3-2-11(17)10-13(12)18/h2-3,10,14H,4-9H2,1H3,(H,19,21). The summed E-state index contributed by atoms with van der Waals surface area (Å²) in [5.74, 6) is 0.324. The highest BCUT2D eigenvalue weighted by Gasteiger charge is 2.27. The third kappa shape index (κ3) is 5.28. The molecule has 1 heterocycles. The first kappa shape index (κ1) is 19.4. The summed E-state index contributed by atoms with van der Waals surface area (Å²) in [5, 5.41) is 3.54. The number of benzene rings is 1. The van der Waals surface area contributed by atoms with Crippen molar-refractivity contribution >= 4 is 46.8 Å². The number of hydrogen-bond acceptors (Lipinski definition) is 4. The number of nitrogens with zero attached hydrogens (tertiary/aromatic N) is 1. The molecule has 1 aliphatic heterocycles. The third-order valence-corrected chi connectivity index (χ3v) is 4.90. The monoisotopic (exact) mass is 390 g/mol. The van der Waals surface area contributed by atoms with E-state index in [4.69, 9.17) is 27.9 Å². The van der Waals surface area contributed by atoms with Crippen molar-refractivity contribution in [3.63, 3.8) is 0 Å². The van der Waals surface area contributed by atoms with Gasteiger partial charge in [-0.2, -0.15) is 11.8 Å². The highest BCUT2D eigenvalue weighted by atomic mass is 35.5. The molecule has 1 atom stereocenters. The minimum atomic E-state index is -0.574. The molecule has 1 fully saturated rings. The Bertz CT molecular complexity index is 595. The van der Waals surface area contributed by atoms with Gasteiger partial charge in [0.15, 0.2) is 0 Å². The van der Waals surface area contributed by atoms with Gasteiger partial charge in [-0.25, -0.2) is 0 Å². The first-order valence-corrected chi connectivity index (χ1v) is 9.79. The summed E-state index contributed by atoms with van der Waals surface area (Å²) in [6.07, 6.45) is 2.53. The Labute approximate surface area is 156 Å². The lowest BCUT2D eigenvalue weighted by molar-refractivity contribution is -0.137. The van der Waals surface area contributed by atoms with Crippen molar-refractivity contribution in [3.8, 4) is 0 Å². The van der Waals surface area contributed by atoms with Crippen LogP contribution in [0.15, 0.2) is 18.2 Å². The molecule has 24 heavy (non-hydrogen) atoms. The highest BCUT2D eigenvalue weighted by Crippen LogP contribution is 2.21. The van der Waals surface area contributed by atoms with Gasteiger partial charge in [0, 0.05) is 18.1 Å². The molecular weight excluding hydrogens is 371 g/mol. The Morgan fingerprint density at radius 3 is 2.67 bits per heavy atom. The van der Waals surface area contributed by atoms with Crippen molar-refractivity contribution < 1.29 is 14.3 Å². The Kier molecular flexibility index (Phi) is 7.68. The average Bonchev–Trinajstić information content (AvgIpc) is 2.58. The summed E-state index contributed by atoms with van der Waals surface area (Å²) in [7, 11) is 0. The van der Waals surface area contributed by atoms with E-state index in [9.17, 15) is 9.59 Å². The Hall–Kier alpha value is -0.950. The van der Waals surface area contributed by atoms with Crippen molar-refractivity contribution in [2.75, 3.05) is 38.3 Å². The Morgan fingerprint density at radius 2 is 2.04 bits per heavy atom. The lowest BCUT2D eigenvalue weighted by Crippen LogP contribution is -2.52. The fraction of sp³-hybridized carbons (Fsp3) is 0.500. The lowest BCUT2D eigenvalue weighted by atomic mass is 10.1. The number of nitrogens with one attached hydrogen (secondary N) is 1. The fourth-order valence-electron chi connectivity index (χ4n) is 2.41. The minimum Gasteiger partial charge on any atom is -0.378 e. The van der Waals surface area contributed by atoms with Gasteiger partial charge >= 0.3 is 0 Å². The topological polar surface area (TPSA) is 58.6 Å². The minimum absolute atomic E-state index is 0.0780. The first-order valence-electron chi connectivity index (χ1n) is 7.64. The van der Waals surface area contributed by atoms with Gasteiger partial charge in [0.2, 0.25) is 5.91 Å². The number of thioether (sulfide) groups is 1. The van der Waals surface area contributed by atoms with Gasteiger partial charge in [0.05, 0.1) is 23.8 Å². The van der Waals surface area contributed by atoms with Crippen molar-refractivity contribution in [1.82, 2.24) is 10.2 Å². The van der Waals surface area contributed by atoms with Gasteiger partial charge in [-0.1, -0.05) is 23.2 Å². The van der Waals surface area contributed by atoms with Gasteiger partial charge in [-0.15, -0.1) is 0 Å². The summed E-state index contributed by atoms with van der Waals surface area (Å²) in [6, 6.07) is 4.10. The molecule has 0 radical (unpaired) electrons. The van der Waals surface area contributed by atoms with Crippen molar-refractivity contribution in [1.29, 1.82) is 0 Å². The van der Waals surface area contributed by atoms with E-state index in [2.05, 4.69) is 5.32 Å². The number of ether oxygens (including phenoxy) is 1. The van der Waals surface area contributed by atoms with Crippen LogP contribution in [0.4, 0.5) is 0 Å². The molecule has 8 heteroatoms. The molecule has 1 unspecified atom stereocenters. The Balaban J connectivity index is 2.09. The summed E-state index contributed by atoms with van der Waals surface area (Å²) < 4.78 is 5.27. The van der Waals surface area contributed by atoms with Gasteiger partial charge in [0.25, 0.3) is 5.91 Å². The molecule has 0 aliphatic carbocycles. The zero-order chi connectivity index (χ0) is 17.5. The van der Waals surface area contributed by atoms with Crippen LogP contribution in [0.2, 0.25) is 10.0 Å². The van der Waals surface area contributed by atoms with Gasteiger partial charge < -0.3 is 15.0 Å². The molecule has 1 aromatic carbocycles. The van der Waals surface area contributed by atoms with E-state index in [-0.39, 0.29) is 16.8 Å². The molecule has 0 bridgehead atoms. The van der Waals surface area contributed by atoms with Gasteiger partial charge in [0.1, 0.15) is 6.04 Å². The van der Waals surface area contributed by atoms with E-state index in [1.807, 2.05) is 6.26 Å². The van der Waals surface area contributed by atoms with Crippen LogP contribution in [0.5, 0.6) is 0 Å². The van der Waals surface area contributed by atoms with Crippen LogP contribution in [-0.2, 0) is 9.53 Å². The van der Waals surface area contributed by atoms with Crippen LogP contribution < -0.4 is 5.32 Å². The Morgan fingerprint density at radius 1 is 1.33 bits per heavy atom. The number of carbonyl (C=O) groups is 2. The smallest absolute Gasteiger partial charge is 0.253 e. The molecular formula is C16H20Cl2N2O3S. The highest BCUT2D eigenvalue weighted by molar-refractivity contribution is 7.98. The normalized spacial score (nSPS) is 15.9. The van der Waals surface area contributed by atoms with E-state index >= 15 is 0 Å². The molecule has 1 saturated heterocycles. The second-order valence-electron chi connectivity index (χ2n) is 5.37. The van der Waals surface area contributed by atoms with E-state index < -0.39 is 6.04 Å². The van der Waals surface area contributed by atoms with Crippen molar-refractivity contribution in [2.45, 2.75) is 12.5 Å². The second-order valence-corrected chi connectivity index (χ2v) is 7.20. The second kappa shape index (κ2) is 9.51. The molecule has 2 amide bonds. The summed E-state index contributed by atoms with van der Waals surface area (Å²) in [5.41, 5.74) is 0.310. The van der Waals surface area contributed by atoms with E-state index in [1.54, 1.807) is 28.8 Å². The molecule has 0 spiro atoms. The summed E-state index contributed by atoms with van der Waals surface area (Å²) in [6.45, 7) is 2.15. The van der Waals surface area contributed by atoms with Crippen LogP contribution >= 0.6 is 35.0 Å². The number of hydrogen-bond donors (Lipinski definition) is 1.